The summed E-state index contributed by atoms with van der Waals surface area (Å²) in [6.45, 7) is 2.14. The number of nitrogens with zero attached hydrogens (tertiary/aromatic N) is 5. The van der Waals surface area contributed by atoms with Crippen LogP contribution in [0.5, 0.6) is 0 Å². The van der Waals surface area contributed by atoms with Crippen molar-refractivity contribution in [3.8, 4) is 6.19 Å². The van der Waals surface area contributed by atoms with Crippen LogP contribution in [0.25, 0.3) is 0 Å². The molecule has 0 aliphatic rings. The molecule has 0 amide bonds. The first kappa shape index (κ1) is 8.65. The second kappa shape index (κ2) is 4.44. The maximum absolute atomic E-state index is 8.37. The highest BCUT2D eigenvalue weighted by atomic mass is 15.6. The third-order valence-corrected chi connectivity index (χ3v) is 1.55. The van der Waals surface area contributed by atoms with Crippen molar-refractivity contribution in [2.24, 2.45) is 0 Å². The highest BCUT2D eigenvalue weighted by Gasteiger charge is 2.00. The molecule has 0 saturated heterocycles. The fourth-order valence-corrected chi connectivity index (χ4v) is 0.919. The first-order valence-electron chi connectivity index (χ1n) is 4.06. The van der Waals surface area contributed by atoms with E-state index < -0.39 is 0 Å². The summed E-state index contributed by atoms with van der Waals surface area (Å²) in [6, 6.07) is 0. The standard InChI is InChI=1S/C7H11N5/c1-2-3-4-5-7-9-11-12(6-8)10-7/h2-5H2,1H3. The molecule has 0 unspecified atom stereocenters. The maximum Gasteiger partial charge on any atom is 0.226 e. The summed E-state index contributed by atoms with van der Waals surface area (Å²) in [4.78, 5) is 0.932. The van der Waals surface area contributed by atoms with Crippen LogP contribution in [-0.4, -0.2) is 20.2 Å². The SMILES string of the molecule is CCCCCc1nnn(C#N)n1. The van der Waals surface area contributed by atoms with E-state index in [-0.39, 0.29) is 0 Å². The van der Waals surface area contributed by atoms with E-state index in [1.165, 1.54) is 12.8 Å². The summed E-state index contributed by atoms with van der Waals surface area (Å²) in [5.41, 5.74) is 0. The molecular weight excluding hydrogens is 154 g/mol. The van der Waals surface area contributed by atoms with Crippen LogP contribution in [0.1, 0.15) is 32.0 Å². The molecular formula is C7H11N5. The molecule has 64 valence electrons. The molecule has 1 rings (SSSR count). The van der Waals surface area contributed by atoms with Gasteiger partial charge in [-0.05, 0) is 11.6 Å². The largest absolute Gasteiger partial charge is 0.226 e. The van der Waals surface area contributed by atoms with E-state index in [4.69, 9.17) is 5.26 Å². The molecule has 1 heterocycles. The topological polar surface area (TPSA) is 67.4 Å². The zero-order chi connectivity index (χ0) is 8.81. The second-order valence-electron chi connectivity index (χ2n) is 2.55. The minimum absolute atomic E-state index is 0.657. The van der Waals surface area contributed by atoms with Gasteiger partial charge in [0.15, 0.2) is 5.82 Å². The third kappa shape index (κ3) is 2.31. The number of tetrazole rings is 1. The molecule has 1 aromatic rings. The lowest BCUT2D eigenvalue weighted by atomic mass is 10.2. The van der Waals surface area contributed by atoms with Crippen LogP contribution in [0.4, 0.5) is 0 Å². The lowest BCUT2D eigenvalue weighted by Crippen LogP contribution is -1.93. The molecule has 0 bridgehead atoms. The minimum atomic E-state index is 0.657. The number of rotatable bonds is 4. The van der Waals surface area contributed by atoms with Crippen molar-refractivity contribution in [1.82, 2.24) is 20.2 Å². The number of aryl methyl sites for hydroxylation is 1. The summed E-state index contributed by atoms with van der Waals surface area (Å²) in [5.74, 6) is 0.657. The lowest BCUT2D eigenvalue weighted by Gasteiger charge is -1.90. The fourth-order valence-electron chi connectivity index (χ4n) is 0.919. The summed E-state index contributed by atoms with van der Waals surface area (Å²) in [6.07, 6.45) is 5.99. The van der Waals surface area contributed by atoms with Gasteiger partial charge in [-0.2, -0.15) is 5.26 Å². The normalized spacial score (nSPS) is 9.67. The molecule has 0 N–H and O–H groups in total. The van der Waals surface area contributed by atoms with Gasteiger partial charge in [0.2, 0.25) is 6.19 Å². The first-order chi connectivity index (χ1) is 5.86. The van der Waals surface area contributed by atoms with Crippen LogP contribution < -0.4 is 0 Å². The predicted molar refractivity (Wildman–Crippen MR) is 42.1 cm³/mol. The van der Waals surface area contributed by atoms with Crippen LogP contribution >= 0.6 is 0 Å². The summed E-state index contributed by atoms with van der Waals surface area (Å²) < 4.78 is 0. The smallest absolute Gasteiger partial charge is 0.169 e. The fraction of sp³-hybridized carbons (Fsp3) is 0.714. The predicted octanol–water partition coefficient (Wildman–Crippen LogP) is 0.735. The van der Waals surface area contributed by atoms with Crippen molar-refractivity contribution in [3.63, 3.8) is 0 Å². The van der Waals surface area contributed by atoms with Crippen LogP contribution in [0.3, 0.4) is 0 Å². The molecule has 0 radical (unpaired) electrons. The zero-order valence-electron chi connectivity index (χ0n) is 7.06. The van der Waals surface area contributed by atoms with Crippen molar-refractivity contribution < 1.29 is 0 Å². The molecule has 5 heteroatoms. The van der Waals surface area contributed by atoms with E-state index in [2.05, 4.69) is 22.3 Å². The van der Waals surface area contributed by atoms with Crippen molar-refractivity contribution in [2.45, 2.75) is 32.6 Å². The summed E-state index contributed by atoms with van der Waals surface area (Å²) in [7, 11) is 0. The highest BCUT2D eigenvalue weighted by molar-refractivity contribution is 4.79. The first-order valence-corrected chi connectivity index (χ1v) is 4.06. The van der Waals surface area contributed by atoms with Gasteiger partial charge in [0.1, 0.15) is 0 Å². The van der Waals surface area contributed by atoms with E-state index in [1.807, 2.05) is 0 Å². The molecule has 0 atom stereocenters. The Kier molecular flexibility index (Phi) is 3.20. The molecule has 0 aliphatic carbocycles. The Hall–Kier alpha value is -1.44. The monoisotopic (exact) mass is 165 g/mol. The molecule has 0 fully saturated rings. The molecule has 5 nitrogen and oxygen atoms in total. The molecule has 12 heavy (non-hydrogen) atoms. The van der Waals surface area contributed by atoms with Gasteiger partial charge in [-0.15, -0.1) is 10.2 Å². The van der Waals surface area contributed by atoms with Crippen molar-refractivity contribution in [2.75, 3.05) is 0 Å². The van der Waals surface area contributed by atoms with E-state index in [0.717, 1.165) is 17.6 Å². The van der Waals surface area contributed by atoms with Gasteiger partial charge >= 0.3 is 0 Å². The van der Waals surface area contributed by atoms with Crippen molar-refractivity contribution >= 4 is 0 Å². The van der Waals surface area contributed by atoms with E-state index >= 15 is 0 Å². The van der Waals surface area contributed by atoms with Gasteiger partial charge in [0, 0.05) is 6.42 Å². The minimum Gasteiger partial charge on any atom is -0.169 e. The highest BCUT2D eigenvalue weighted by Crippen LogP contribution is 1.99. The second-order valence-corrected chi connectivity index (χ2v) is 2.55. The zero-order valence-corrected chi connectivity index (χ0v) is 7.06. The molecule has 0 spiro atoms. The Morgan fingerprint density at radius 3 is 2.92 bits per heavy atom. The lowest BCUT2D eigenvalue weighted by molar-refractivity contribution is 0.689. The molecule has 0 aliphatic heterocycles. The average molecular weight is 165 g/mol. The van der Waals surface area contributed by atoms with E-state index in [1.54, 1.807) is 6.19 Å². The van der Waals surface area contributed by atoms with Crippen LogP contribution in [0.15, 0.2) is 0 Å². The van der Waals surface area contributed by atoms with E-state index in [0.29, 0.717) is 5.82 Å². The number of hydrogen-bond acceptors (Lipinski definition) is 4. The van der Waals surface area contributed by atoms with Gasteiger partial charge in [0.25, 0.3) is 0 Å². The van der Waals surface area contributed by atoms with Gasteiger partial charge in [-0.3, -0.25) is 0 Å². The third-order valence-electron chi connectivity index (χ3n) is 1.55. The van der Waals surface area contributed by atoms with Crippen LogP contribution in [0.2, 0.25) is 0 Å². The Morgan fingerprint density at radius 2 is 2.33 bits per heavy atom. The summed E-state index contributed by atoms with van der Waals surface area (Å²) in [5, 5.41) is 19.5. The van der Waals surface area contributed by atoms with Crippen molar-refractivity contribution in [3.05, 3.63) is 5.82 Å². The number of aromatic nitrogens is 4. The van der Waals surface area contributed by atoms with Gasteiger partial charge in [0.05, 0.1) is 0 Å². The van der Waals surface area contributed by atoms with Gasteiger partial charge in [-0.1, -0.05) is 24.6 Å². The number of unbranched alkanes of at least 4 members (excludes halogenated alkanes) is 2. The number of hydrogen-bond donors (Lipinski definition) is 0. The maximum atomic E-state index is 8.37. The Bertz CT molecular complexity index is 272. The number of nitriles is 1. The summed E-state index contributed by atoms with van der Waals surface area (Å²) >= 11 is 0. The Balaban J connectivity index is 2.38. The molecule has 0 saturated carbocycles. The quantitative estimate of drug-likeness (QED) is 0.617. The molecule has 0 aromatic carbocycles. The Morgan fingerprint density at radius 1 is 1.50 bits per heavy atom. The van der Waals surface area contributed by atoms with Crippen LogP contribution in [-0.2, 0) is 6.42 Å². The van der Waals surface area contributed by atoms with Gasteiger partial charge < -0.3 is 0 Å². The van der Waals surface area contributed by atoms with E-state index in [9.17, 15) is 0 Å². The average Bonchev–Trinajstić information content (AvgIpc) is 2.53. The van der Waals surface area contributed by atoms with Crippen molar-refractivity contribution in [1.29, 1.82) is 5.26 Å². The van der Waals surface area contributed by atoms with Crippen LogP contribution in [0, 0.1) is 11.5 Å². The van der Waals surface area contributed by atoms with Gasteiger partial charge in [-0.25, -0.2) is 0 Å². The Labute approximate surface area is 71.0 Å². The molecule has 1 aromatic heterocycles.